The van der Waals surface area contributed by atoms with Gasteiger partial charge < -0.3 is 0 Å². The largest absolute Gasteiger partial charge is 0.276 e. The first-order valence-electron chi connectivity index (χ1n) is 5.73. The summed E-state index contributed by atoms with van der Waals surface area (Å²) in [4.78, 5) is 10.5. The molecule has 0 radical (unpaired) electrons. The van der Waals surface area contributed by atoms with Crippen molar-refractivity contribution in [3.63, 3.8) is 0 Å². The normalized spacial score (nSPS) is 22.5. The Morgan fingerprint density at radius 1 is 1.33 bits per heavy atom. The molecule has 0 N–H and O–H groups in total. The summed E-state index contributed by atoms with van der Waals surface area (Å²) in [5.74, 6) is 0. The zero-order valence-corrected chi connectivity index (χ0v) is 10.2. The lowest BCUT2D eigenvalue weighted by atomic mass is 10.1. The fraction of sp³-hybridized carbons (Fsp3) is 0.143. The molecular formula is C14H15N2O2+. The van der Waals surface area contributed by atoms with Crippen LogP contribution >= 0.6 is 0 Å². The van der Waals surface area contributed by atoms with E-state index in [0.29, 0.717) is 10.0 Å². The number of quaternary nitrogens is 1. The Bertz CT molecular complexity index is 546. The van der Waals surface area contributed by atoms with Crippen molar-refractivity contribution >= 4 is 11.8 Å². The van der Waals surface area contributed by atoms with Crippen LogP contribution in [-0.2, 0) is 0 Å². The van der Waals surface area contributed by atoms with Gasteiger partial charge in [-0.1, -0.05) is 18.2 Å². The van der Waals surface area contributed by atoms with E-state index in [-0.39, 0.29) is 10.6 Å². The van der Waals surface area contributed by atoms with Gasteiger partial charge in [-0.25, -0.2) is 0 Å². The van der Waals surface area contributed by atoms with Gasteiger partial charge in [0.2, 0.25) is 0 Å². The summed E-state index contributed by atoms with van der Waals surface area (Å²) in [5.41, 5.74) is 0.765. The molecule has 0 aromatic heterocycles. The topological polar surface area (TPSA) is 43.1 Å². The van der Waals surface area contributed by atoms with Crippen LogP contribution in [0.4, 0.5) is 5.69 Å². The summed E-state index contributed by atoms with van der Waals surface area (Å²) in [6.45, 7) is 0.855. The minimum atomic E-state index is -0.356. The number of hydrogen-bond donors (Lipinski definition) is 0. The van der Waals surface area contributed by atoms with Crippen molar-refractivity contribution in [1.29, 1.82) is 0 Å². The first kappa shape index (κ1) is 12.3. The highest BCUT2D eigenvalue weighted by Gasteiger charge is 2.16. The molecule has 1 aliphatic heterocycles. The van der Waals surface area contributed by atoms with Crippen LogP contribution in [0, 0.1) is 10.1 Å². The van der Waals surface area contributed by atoms with Gasteiger partial charge in [-0.2, -0.15) is 0 Å². The first-order chi connectivity index (χ1) is 8.61. The van der Waals surface area contributed by atoms with E-state index in [1.54, 1.807) is 18.2 Å². The maximum atomic E-state index is 10.9. The molecule has 0 spiro atoms. The summed E-state index contributed by atoms with van der Waals surface area (Å²) in [6.07, 6.45) is 11.9. The van der Waals surface area contributed by atoms with Gasteiger partial charge in [0.1, 0.15) is 18.9 Å². The molecule has 1 atom stereocenters. The lowest BCUT2D eigenvalue weighted by Crippen LogP contribution is -2.32. The number of allylic oxidation sites excluding steroid dienone is 2. The summed E-state index contributed by atoms with van der Waals surface area (Å²) in [5, 5.41) is 10.9. The molecule has 0 fully saturated rings. The van der Waals surface area contributed by atoms with Gasteiger partial charge in [0.05, 0.1) is 17.5 Å². The lowest BCUT2D eigenvalue weighted by molar-refractivity contribution is -0.799. The Kier molecular flexibility index (Phi) is 3.39. The van der Waals surface area contributed by atoms with E-state index in [2.05, 4.69) is 6.08 Å². The Morgan fingerprint density at radius 3 is 2.78 bits per heavy atom. The number of para-hydroxylation sites is 1. The SMILES string of the molecule is C[N+]1(/C=C/c2ccccc2[N+](=O)[O-])C=CC=CC1. The zero-order valence-electron chi connectivity index (χ0n) is 10.2. The number of hydrogen-bond acceptors (Lipinski definition) is 2. The van der Waals surface area contributed by atoms with Gasteiger partial charge in [-0.3, -0.25) is 14.6 Å². The van der Waals surface area contributed by atoms with E-state index in [1.807, 2.05) is 37.7 Å². The Hall–Kier alpha value is -2.20. The number of nitrogens with zero attached hydrogens (tertiary/aromatic N) is 2. The number of likely N-dealkylation sites (N-methyl/N-ethyl adjacent to an activating group) is 1. The van der Waals surface area contributed by atoms with Crippen LogP contribution in [0.5, 0.6) is 0 Å². The van der Waals surface area contributed by atoms with Crippen LogP contribution in [0.1, 0.15) is 5.56 Å². The summed E-state index contributed by atoms with van der Waals surface area (Å²) in [7, 11) is 2.05. The third-order valence-electron chi connectivity index (χ3n) is 2.90. The molecule has 0 bridgehead atoms. The average Bonchev–Trinajstić information content (AvgIpc) is 2.38. The maximum Gasteiger partial charge on any atom is 0.276 e. The van der Waals surface area contributed by atoms with Crippen LogP contribution in [0.15, 0.2) is 54.9 Å². The van der Waals surface area contributed by atoms with E-state index in [9.17, 15) is 10.1 Å². The van der Waals surface area contributed by atoms with Gasteiger partial charge in [-0.05, 0) is 18.2 Å². The molecule has 1 unspecified atom stereocenters. The lowest BCUT2D eigenvalue weighted by Gasteiger charge is -2.25. The second-order valence-corrected chi connectivity index (χ2v) is 4.43. The van der Waals surface area contributed by atoms with Crippen molar-refractivity contribution in [2.45, 2.75) is 0 Å². The van der Waals surface area contributed by atoms with Crippen LogP contribution in [0.25, 0.3) is 6.08 Å². The summed E-state index contributed by atoms with van der Waals surface area (Å²) >= 11 is 0. The van der Waals surface area contributed by atoms with Crippen LogP contribution < -0.4 is 0 Å². The predicted molar refractivity (Wildman–Crippen MR) is 71.5 cm³/mol. The highest BCUT2D eigenvalue weighted by Crippen LogP contribution is 2.21. The third-order valence-corrected chi connectivity index (χ3v) is 2.90. The molecule has 1 aliphatic rings. The fourth-order valence-electron chi connectivity index (χ4n) is 1.83. The molecule has 18 heavy (non-hydrogen) atoms. The minimum absolute atomic E-state index is 0.136. The quantitative estimate of drug-likeness (QED) is 0.465. The van der Waals surface area contributed by atoms with Crippen LogP contribution in [0.2, 0.25) is 0 Å². The Labute approximate surface area is 106 Å². The van der Waals surface area contributed by atoms with Gasteiger partial charge in [0.25, 0.3) is 5.69 Å². The van der Waals surface area contributed by atoms with Gasteiger partial charge in [0.15, 0.2) is 0 Å². The predicted octanol–water partition coefficient (Wildman–Crippen LogP) is 3.10. The fourth-order valence-corrected chi connectivity index (χ4v) is 1.83. The Morgan fingerprint density at radius 2 is 2.11 bits per heavy atom. The molecular weight excluding hydrogens is 228 g/mol. The first-order valence-corrected chi connectivity index (χ1v) is 5.73. The van der Waals surface area contributed by atoms with Crippen LogP contribution in [0.3, 0.4) is 0 Å². The van der Waals surface area contributed by atoms with E-state index in [4.69, 9.17) is 0 Å². The molecule has 1 heterocycles. The van der Waals surface area contributed by atoms with Crippen molar-refractivity contribution < 1.29 is 9.41 Å². The van der Waals surface area contributed by atoms with Crippen molar-refractivity contribution in [3.8, 4) is 0 Å². The molecule has 0 aliphatic carbocycles. The second kappa shape index (κ2) is 4.98. The van der Waals surface area contributed by atoms with Gasteiger partial charge >= 0.3 is 0 Å². The standard InChI is InChI=1S/C14H15N2O2/c1-16(10-5-2-6-11-16)12-9-13-7-3-4-8-14(13)15(17)18/h2-10,12H,11H2,1H3/q+1/b12-9+. The minimum Gasteiger partial charge on any atom is -0.270 e. The molecule has 1 aromatic carbocycles. The van der Waals surface area contributed by atoms with E-state index >= 15 is 0 Å². The summed E-state index contributed by atoms with van der Waals surface area (Å²) < 4.78 is 0.614. The highest BCUT2D eigenvalue weighted by atomic mass is 16.6. The average molecular weight is 243 g/mol. The monoisotopic (exact) mass is 243 g/mol. The van der Waals surface area contributed by atoms with Crippen molar-refractivity contribution in [2.24, 2.45) is 0 Å². The number of nitro groups is 1. The maximum absolute atomic E-state index is 10.9. The van der Waals surface area contributed by atoms with Crippen molar-refractivity contribution in [1.82, 2.24) is 0 Å². The Balaban J connectivity index is 2.26. The smallest absolute Gasteiger partial charge is 0.270 e. The van der Waals surface area contributed by atoms with Crippen molar-refractivity contribution in [3.05, 3.63) is 70.6 Å². The summed E-state index contributed by atoms with van der Waals surface area (Å²) in [6, 6.07) is 6.75. The van der Waals surface area contributed by atoms with Gasteiger partial charge in [0, 0.05) is 12.1 Å². The molecule has 4 nitrogen and oxygen atoms in total. The zero-order chi connectivity index (χ0) is 13.0. The molecule has 4 heteroatoms. The number of benzene rings is 1. The molecule has 0 amide bonds. The molecule has 92 valence electrons. The van der Waals surface area contributed by atoms with Gasteiger partial charge in [-0.15, -0.1) is 0 Å². The highest BCUT2D eigenvalue weighted by molar-refractivity contribution is 5.60. The number of nitro benzene ring substituents is 1. The number of rotatable bonds is 3. The third kappa shape index (κ3) is 2.73. The molecule has 1 aromatic rings. The van der Waals surface area contributed by atoms with E-state index < -0.39 is 0 Å². The molecule has 2 rings (SSSR count). The van der Waals surface area contributed by atoms with E-state index in [1.165, 1.54) is 6.07 Å². The van der Waals surface area contributed by atoms with Crippen LogP contribution in [-0.4, -0.2) is 23.0 Å². The van der Waals surface area contributed by atoms with E-state index in [0.717, 1.165) is 6.54 Å². The molecule has 0 saturated carbocycles. The second-order valence-electron chi connectivity index (χ2n) is 4.43. The van der Waals surface area contributed by atoms with Crippen molar-refractivity contribution in [2.75, 3.05) is 13.6 Å². The molecule has 0 saturated heterocycles.